The van der Waals surface area contributed by atoms with Gasteiger partial charge < -0.3 is 18.6 Å². The number of hydrogen-bond donors (Lipinski definition) is 0. The largest absolute Gasteiger partial charge is 0.468 e. The van der Waals surface area contributed by atoms with Crippen LogP contribution in [0.4, 0.5) is 0 Å². The fraction of sp³-hybridized carbons (Fsp3) is 0.765. The van der Waals surface area contributed by atoms with Crippen molar-refractivity contribution in [3.05, 3.63) is 24.2 Å². The Labute approximate surface area is 131 Å². The second kappa shape index (κ2) is 6.71. The maximum atomic E-state index is 6.30. The summed E-state index contributed by atoms with van der Waals surface area (Å²) >= 11 is 0. The molecule has 22 heavy (non-hydrogen) atoms. The minimum Gasteiger partial charge on any atom is -0.468 e. The monoisotopic (exact) mass is 307 g/mol. The number of nitrogens with zero attached hydrogens (tertiary/aromatic N) is 1. The quantitative estimate of drug-likeness (QED) is 0.831. The van der Waals surface area contributed by atoms with Gasteiger partial charge >= 0.3 is 0 Å². The van der Waals surface area contributed by atoms with Crippen LogP contribution in [-0.4, -0.2) is 56.6 Å². The van der Waals surface area contributed by atoms with Crippen molar-refractivity contribution in [3.8, 4) is 0 Å². The highest BCUT2D eigenvalue weighted by Gasteiger charge is 2.46. The lowest BCUT2D eigenvalue weighted by Crippen LogP contribution is -2.32. The van der Waals surface area contributed by atoms with Crippen LogP contribution in [0.2, 0.25) is 0 Å². The van der Waals surface area contributed by atoms with E-state index in [4.69, 9.17) is 18.6 Å². The second-order valence-electron chi connectivity index (χ2n) is 6.70. The van der Waals surface area contributed by atoms with Gasteiger partial charge in [0.25, 0.3) is 0 Å². The van der Waals surface area contributed by atoms with E-state index in [-0.39, 0.29) is 0 Å². The molecule has 0 bridgehead atoms. The summed E-state index contributed by atoms with van der Waals surface area (Å²) in [5.41, 5.74) is 0. The Hall–Kier alpha value is -0.880. The Balaban J connectivity index is 1.34. The molecule has 4 rings (SSSR count). The van der Waals surface area contributed by atoms with Gasteiger partial charge in [0.05, 0.1) is 38.7 Å². The van der Waals surface area contributed by atoms with Crippen LogP contribution in [0.5, 0.6) is 0 Å². The minimum absolute atomic E-state index is 0.297. The average molecular weight is 307 g/mol. The van der Waals surface area contributed by atoms with Gasteiger partial charge in [-0.25, -0.2) is 0 Å². The van der Waals surface area contributed by atoms with Crippen LogP contribution in [0, 0.1) is 11.8 Å². The molecule has 3 aliphatic heterocycles. The summed E-state index contributed by atoms with van der Waals surface area (Å²) in [6, 6.07) is 4.47. The van der Waals surface area contributed by atoms with Gasteiger partial charge in [0, 0.05) is 31.7 Å². The first-order valence-electron chi connectivity index (χ1n) is 8.43. The molecule has 0 aromatic carbocycles. The first kappa shape index (κ1) is 14.7. The number of likely N-dealkylation sites (tertiary alicyclic amines) is 1. The van der Waals surface area contributed by atoms with Gasteiger partial charge in [0.2, 0.25) is 0 Å². The van der Waals surface area contributed by atoms with Gasteiger partial charge in [-0.2, -0.15) is 0 Å². The fourth-order valence-electron chi connectivity index (χ4n) is 3.93. The Kier molecular flexibility index (Phi) is 4.48. The van der Waals surface area contributed by atoms with Gasteiger partial charge in [0.15, 0.2) is 0 Å². The summed E-state index contributed by atoms with van der Waals surface area (Å²) in [6.07, 6.45) is 4.30. The Bertz CT molecular complexity index is 457. The highest BCUT2D eigenvalue weighted by atomic mass is 16.5. The zero-order valence-corrected chi connectivity index (χ0v) is 13.0. The molecule has 0 unspecified atom stereocenters. The smallest absolute Gasteiger partial charge is 0.117 e. The normalized spacial score (nSPS) is 33.4. The third kappa shape index (κ3) is 3.08. The minimum atomic E-state index is 0.297. The molecule has 1 aromatic rings. The molecule has 3 fully saturated rings. The van der Waals surface area contributed by atoms with Crippen molar-refractivity contribution in [2.75, 3.05) is 39.6 Å². The zero-order valence-electron chi connectivity index (χ0n) is 13.0. The molecule has 0 aliphatic carbocycles. The summed E-state index contributed by atoms with van der Waals surface area (Å²) in [4.78, 5) is 2.46. The van der Waals surface area contributed by atoms with Crippen LogP contribution in [0.3, 0.4) is 0 Å². The molecule has 3 saturated heterocycles. The van der Waals surface area contributed by atoms with E-state index in [1.807, 2.05) is 12.1 Å². The van der Waals surface area contributed by atoms with Crippen LogP contribution in [0.25, 0.3) is 0 Å². The summed E-state index contributed by atoms with van der Waals surface area (Å²) < 4.78 is 22.9. The second-order valence-corrected chi connectivity index (χ2v) is 6.70. The highest BCUT2D eigenvalue weighted by Crippen LogP contribution is 2.33. The molecule has 0 radical (unpaired) electrons. The van der Waals surface area contributed by atoms with Crippen LogP contribution >= 0.6 is 0 Å². The Morgan fingerprint density at radius 1 is 1.18 bits per heavy atom. The van der Waals surface area contributed by atoms with E-state index in [1.165, 1.54) is 0 Å². The first-order valence-corrected chi connectivity index (χ1v) is 8.43. The van der Waals surface area contributed by atoms with Crippen molar-refractivity contribution in [3.63, 3.8) is 0 Å². The average Bonchev–Trinajstić information content (AvgIpc) is 3.26. The molecule has 5 heteroatoms. The van der Waals surface area contributed by atoms with Gasteiger partial charge in [-0.1, -0.05) is 0 Å². The Morgan fingerprint density at radius 2 is 2.09 bits per heavy atom. The number of rotatable bonds is 5. The predicted octanol–water partition coefficient (Wildman–Crippen LogP) is 1.92. The highest BCUT2D eigenvalue weighted by molar-refractivity contribution is 5.03. The number of fused-ring (bicyclic) bond motifs is 1. The van der Waals surface area contributed by atoms with Crippen LogP contribution < -0.4 is 0 Å². The molecule has 4 heterocycles. The van der Waals surface area contributed by atoms with E-state index in [9.17, 15) is 0 Å². The molecule has 0 saturated carbocycles. The molecule has 5 nitrogen and oxygen atoms in total. The van der Waals surface area contributed by atoms with Crippen molar-refractivity contribution < 1.29 is 18.6 Å². The Morgan fingerprint density at radius 3 is 2.91 bits per heavy atom. The van der Waals surface area contributed by atoms with Crippen molar-refractivity contribution in [1.29, 1.82) is 0 Å². The van der Waals surface area contributed by atoms with Gasteiger partial charge in [-0.05, 0) is 30.9 Å². The van der Waals surface area contributed by atoms with E-state index in [1.54, 1.807) is 6.26 Å². The van der Waals surface area contributed by atoms with Gasteiger partial charge in [0.1, 0.15) is 5.76 Å². The van der Waals surface area contributed by atoms with E-state index in [0.717, 1.165) is 64.7 Å². The molecule has 3 atom stereocenters. The summed E-state index contributed by atoms with van der Waals surface area (Å²) in [7, 11) is 0. The van der Waals surface area contributed by atoms with Crippen LogP contribution in [0.1, 0.15) is 18.6 Å². The third-order valence-corrected chi connectivity index (χ3v) is 5.28. The molecular weight excluding hydrogens is 282 g/mol. The van der Waals surface area contributed by atoms with Crippen molar-refractivity contribution in [2.24, 2.45) is 11.8 Å². The standard InChI is InChI=1S/C17H25NO4/c1-2-14(21-5-1)8-18-9-17(15-11-20-12-16(15)18)22-10-13-3-6-19-7-4-13/h1-2,5,13,15-17H,3-4,6-12H2/t15-,16+,17-/m1/s1. The molecular formula is C17H25NO4. The lowest BCUT2D eigenvalue weighted by molar-refractivity contribution is -0.0260. The third-order valence-electron chi connectivity index (χ3n) is 5.28. The summed E-state index contributed by atoms with van der Waals surface area (Å²) in [6.45, 7) is 6.14. The van der Waals surface area contributed by atoms with E-state index < -0.39 is 0 Å². The number of hydrogen-bond acceptors (Lipinski definition) is 5. The SMILES string of the molecule is c1coc(CN2C[C@@H](OCC3CCOCC3)[C@@H]3COC[C@@H]32)c1. The number of furan rings is 1. The lowest BCUT2D eigenvalue weighted by atomic mass is 10.00. The maximum absolute atomic E-state index is 6.30. The topological polar surface area (TPSA) is 44.1 Å². The molecule has 0 N–H and O–H groups in total. The lowest BCUT2D eigenvalue weighted by Gasteiger charge is -2.25. The van der Waals surface area contributed by atoms with E-state index in [0.29, 0.717) is 24.0 Å². The zero-order chi connectivity index (χ0) is 14.8. The van der Waals surface area contributed by atoms with Gasteiger partial charge in [-0.3, -0.25) is 4.90 Å². The van der Waals surface area contributed by atoms with Crippen LogP contribution in [-0.2, 0) is 20.8 Å². The van der Waals surface area contributed by atoms with Crippen molar-refractivity contribution >= 4 is 0 Å². The molecule has 1 aromatic heterocycles. The first-order chi connectivity index (χ1) is 10.9. The van der Waals surface area contributed by atoms with Crippen LogP contribution in [0.15, 0.2) is 22.8 Å². The van der Waals surface area contributed by atoms with Crippen molar-refractivity contribution in [1.82, 2.24) is 4.90 Å². The number of ether oxygens (including phenoxy) is 3. The molecule has 122 valence electrons. The van der Waals surface area contributed by atoms with Gasteiger partial charge in [-0.15, -0.1) is 0 Å². The summed E-state index contributed by atoms with van der Waals surface area (Å²) in [5, 5.41) is 0. The fourth-order valence-corrected chi connectivity index (χ4v) is 3.93. The maximum Gasteiger partial charge on any atom is 0.117 e. The molecule has 3 aliphatic rings. The van der Waals surface area contributed by atoms with E-state index >= 15 is 0 Å². The predicted molar refractivity (Wildman–Crippen MR) is 80.5 cm³/mol. The molecule has 0 amide bonds. The molecule has 0 spiro atoms. The summed E-state index contributed by atoms with van der Waals surface area (Å²) in [5.74, 6) is 2.19. The van der Waals surface area contributed by atoms with E-state index in [2.05, 4.69) is 4.90 Å². The van der Waals surface area contributed by atoms with Crippen molar-refractivity contribution in [2.45, 2.75) is 31.5 Å².